The molecule has 0 saturated carbocycles. The zero-order valence-electron chi connectivity index (χ0n) is 10.5. The van der Waals surface area contributed by atoms with Crippen LogP contribution in [0.2, 0.25) is 0 Å². The average Bonchev–Trinajstić information content (AvgIpc) is 2.26. The second-order valence-corrected chi connectivity index (χ2v) is 6.60. The van der Waals surface area contributed by atoms with Gasteiger partial charge < -0.3 is 5.21 Å². The Balaban J connectivity index is 2.62. The Hall–Kier alpha value is -0.660. The van der Waals surface area contributed by atoms with E-state index < -0.39 is 10.2 Å². The first-order chi connectivity index (χ1) is 7.86. The van der Waals surface area contributed by atoms with Gasteiger partial charge in [0.05, 0.1) is 5.71 Å². The molecular formula is C10H21N3O3S. The molecule has 0 aromatic rings. The maximum atomic E-state index is 11.9. The van der Waals surface area contributed by atoms with E-state index in [0.29, 0.717) is 31.8 Å². The quantitative estimate of drug-likeness (QED) is 0.577. The van der Waals surface area contributed by atoms with Gasteiger partial charge in [0.1, 0.15) is 0 Å². The van der Waals surface area contributed by atoms with Crippen LogP contribution in [0.15, 0.2) is 5.16 Å². The first-order valence-electron chi connectivity index (χ1n) is 5.82. The number of hydrogen-bond acceptors (Lipinski definition) is 4. The lowest BCUT2D eigenvalue weighted by Gasteiger charge is -2.30. The second kappa shape index (κ2) is 5.79. The Bertz CT molecular complexity index is 378. The molecule has 2 N–H and O–H groups in total. The van der Waals surface area contributed by atoms with Gasteiger partial charge in [-0.2, -0.15) is 12.7 Å². The van der Waals surface area contributed by atoms with Crippen LogP contribution in [0.1, 0.15) is 27.2 Å². The van der Waals surface area contributed by atoms with E-state index in [1.165, 1.54) is 4.31 Å². The van der Waals surface area contributed by atoms with Crippen molar-refractivity contribution in [2.45, 2.75) is 27.2 Å². The zero-order chi connectivity index (χ0) is 13.1. The summed E-state index contributed by atoms with van der Waals surface area (Å²) >= 11 is 0. The number of nitrogens with zero attached hydrogens (tertiary/aromatic N) is 2. The summed E-state index contributed by atoms with van der Waals surface area (Å²) in [6, 6.07) is 0. The molecule has 1 aliphatic rings. The molecule has 1 fully saturated rings. The van der Waals surface area contributed by atoms with Crippen molar-refractivity contribution in [2.75, 3.05) is 19.6 Å². The van der Waals surface area contributed by atoms with Crippen LogP contribution in [0, 0.1) is 11.8 Å². The molecule has 0 bridgehead atoms. The highest BCUT2D eigenvalue weighted by molar-refractivity contribution is 7.87. The molecule has 0 spiro atoms. The van der Waals surface area contributed by atoms with Crippen LogP contribution >= 0.6 is 0 Å². The van der Waals surface area contributed by atoms with Gasteiger partial charge in [0.2, 0.25) is 0 Å². The van der Waals surface area contributed by atoms with Gasteiger partial charge in [0, 0.05) is 32.0 Å². The van der Waals surface area contributed by atoms with Crippen LogP contribution in [0.4, 0.5) is 0 Å². The molecule has 1 unspecified atom stereocenters. The van der Waals surface area contributed by atoms with Crippen molar-refractivity contribution in [3.05, 3.63) is 0 Å². The third-order valence-corrected chi connectivity index (χ3v) is 4.35. The number of nitrogens with one attached hydrogen (secondary N) is 1. The van der Waals surface area contributed by atoms with Crippen LogP contribution < -0.4 is 4.72 Å². The maximum absolute atomic E-state index is 11.9. The van der Waals surface area contributed by atoms with Crippen LogP contribution in [0.25, 0.3) is 0 Å². The molecule has 0 aromatic heterocycles. The Kier molecular flexibility index (Phi) is 4.91. The highest BCUT2D eigenvalue weighted by Gasteiger charge is 2.30. The van der Waals surface area contributed by atoms with E-state index in [1.807, 2.05) is 20.8 Å². The second-order valence-electron chi connectivity index (χ2n) is 4.85. The predicted octanol–water partition coefficient (Wildman–Crippen LogP) is 0.649. The molecular weight excluding hydrogens is 242 g/mol. The van der Waals surface area contributed by atoms with E-state index in [9.17, 15) is 8.42 Å². The molecule has 1 rings (SSSR count). The van der Waals surface area contributed by atoms with E-state index in [0.717, 1.165) is 0 Å². The minimum atomic E-state index is -3.40. The number of rotatable bonds is 4. The lowest BCUT2D eigenvalue weighted by atomic mass is 10.00. The topological polar surface area (TPSA) is 82.0 Å². The minimum absolute atomic E-state index is 0.0376. The molecule has 1 heterocycles. The normalized spacial score (nSPS) is 25.6. The molecule has 1 atom stereocenters. The highest BCUT2D eigenvalue weighted by atomic mass is 32.2. The van der Waals surface area contributed by atoms with Gasteiger partial charge in [-0.3, -0.25) is 0 Å². The summed E-state index contributed by atoms with van der Waals surface area (Å²) in [5.41, 5.74) is 0.667. The Morgan fingerprint density at radius 1 is 1.59 bits per heavy atom. The fraction of sp³-hybridized carbons (Fsp3) is 0.900. The molecule has 7 heteroatoms. The molecule has 0 aromatic carbocycles. The predicted molar refractivity (Wildman–Crippen MR) is 66.3 cm³/mol. The van der Waals surface area contributed by atoms with Gasteiger partial charge >= 0.3 is 0 Å². The lowest BCUT2D eigenvalue weighted by molar-refractivity contribution is 0.299. The van der Waals surface area contributed by atoms with E-state index in [1.54, 1.807) is 0 Å². The van der Waals surface area contributed by atoms with Crippen LogP contribution in [0.3, 0.4) is 0 Å². The average molecular weight is 263 g/mol. The van der Waals surface area contributed by atoms with Gasteiger partial charge in [-0.15, -0.1) is 0 Å². The lowest BCUT2D eigenvalue weighted by Crippen LogP contribution is -2.48. The van der Waals surface area contributed by atoms with Crippen molar-refractivity contribution < 1.29 is 13.6 Å². The van der Waals surface area contributed by atoms with Gasteiger partial charge in [-0.25, -0.2) is 4.72 Å². The molecule has 1 aliphatic heterocycles. The number of piperidine rings is 1. The first-order valence-corrected chi connectivity index (χ1v) is 7.26. The summed E-state index contributed by atoms with van der Waals surface area (Å²) < 4.78 is 27.9. The standard InChI is InChI=1S/C10H21N3O3S/c1-8(2)6-11-17(15,16)13-5-4-10(12-14)9(3)7-13/h8-9,11,14H,4-7H2,1-3H3. The molecule has 0 amide bonds. The molecule has 6 nitrogen and oxygen atoms in total. The van der Waals surface area contributed by atoms with Crippen LogP contribution in [0.5, 0.6) is 0 Å². The fourth-order valence-corrected chi connectivity index (χ4v) is 3.20. The smallest absolute Gasteiger partial charge is 0.279 e. The van der Waals surface area contributed by atoms with E-state index in [4.69, 9.17) is 5.21 Å². The van der Waals surface area contributed by atoms with E-state index >= 15 is 0 Å². The summed E-state index contributed by atoms with van der Waals surface area (Å²) in [5, 5.41) is 11.9. The largest absolute Gasteiger partial charge is 0.411 e. The Labute approximate surface area is 103 Å². The van der Waals surface area contributed by atoms with Gasteiger partial charge in [-0.1, -0.05) is 25.9 Å². The van der Waals surface area contributed by atoms with E-state index in [2.05, 4.69) is 9.88 Å². The summed E-state index contributed by atoms with van der Waals surface area (Å²) in [7, 11) is -3.40. The number of hydrogen-bond donors (Lipinski definition) is 2. The van der Waals surface area contributed by atoms with Crippen molar-refractivity contribution >= 4 is 15.9 Å². The molecule has 0 radical (unpaired) electrons. The van der Waals surface area contributed by atoms with Crippen molar-refractivity contribution in [1.82, 2.24) is 9.03 Å². The van der Waals surface area contributed by atoms with Crippen molar-refractivity contribution in [3.63, 3.8) is 0 Å². The minimum Gasteiger partial charge on any atom is -0.411 e. The summed E-state index contributed by atoms with van der Waals surface area (Å²) in [6.45, 7) is 6.95. The highest BCUT2D eigenvalue weighted by Crippen LogP contribution is 2.16. The van der Waals surface area contributed by atoms with Gasteiger partial charge in [0.25, 0.3) is 10.2 Å². The van der Waals surface area contributed by atoms with Crippen molar-refractivity contribution in [3.8, 4) is 0 Å². The summed E-state index contributed by atoms with van der Waals surface area (Å²) in [5.74, 6) is 0.242. The Morgan fingerprint density at radius 3 is 2.71 bits per heavy atom. The Morgan fingerprint density at radius 2 is 2.24 bits per heavy atom. The summed E-state index contributed by atoms with van der Waals surface area (Å²) in [4.78, 5) is 0. The molecule has 17 heavy (non-hydrogen) atoms. The van der Waals surface area contributed by atoms with Crippen molar-refractivity contribution in [2.24, 2.45) is 17.0 Å². The van der Waals surface area contributed by atoms with Crippen LogP contribution in [-0.4, -0.2) is 43.3 Å². The third kappa shape index (κ3) is 3.93. The molecule has 0 aliphatic carbocycles. The fourth-order valence-electron chi connectivity index (χ4n) is 1.72. The maximum Gasteiger partial charge on any atom is 0.279 e. The van der Waals surface area contributed by atoms with Crippen LogP contribution in [-0.2, 0) is 10.2 Å². The molecule has 100 valence electrons. The number of oxime groups is 1. The van der Waals surface area contributed by atoms with Crippen molar-refractivity contribution in [1.29, 1.82) is 0 Å². The zero-order valence-corrected chi connectivity index (χ0v) is 11.4. The van der Waals surface area contributed by atoms with Gasteiger partial charge in [-0.05, 0) is 5.92 Å². The third-order valence-electron chi connectivity index (χ3n) is 2.81. The monoisotopic (exact) mass is 263 g/mol. The van der Waals surface area contributed by atoms with Gasteiger partial charge in [0.15, 0.2) is 0 Å². The molecule has 1 saturated heterocycles. The first kappa shape index (κ1) is 14.4. The van der Waals surface area contributed by atoms with E-state index in [-0.39, 0.29) is 11.8 Å². The summed E-state index contributed by atoms with van der Waals surface area (Å²) in [6.07, 6.45) is 0.486. The SMILES string of the molecule is CC(C)CNS(=O)(=O)N1CCC(=NO)C(C)C1.